The SMILES string of the molecule is COc1ccc(SC(C)CCN)c(C)c1. The number of thioether (sulfide) groups is 1. The van der Waals surface area contributed by atoms with Crippen LogP contribution in [0.25, 0.3) is 0 Å². The number of hydrogen-bond acceptors (Lipinski definition) is 3. The summed E-state index contributed by atoms with van der Waals surface area (Å²) in [5.74, 6) is 0.920. The van der Waals surface area contributed by atoms with E-state index in [1.54, 1.807) is 7.11 Å². The first kappa shape index (κ1) is 12.4. The van der Waals surface area contributed by atoms with Gasteiger partial charge in [0.1, 0.15) is 5.75 Å². The highest BCUT2D eigenvalue weighted by molar-refractivity contribution is 8.00. The molecule has 2 N–H and O–H groups in total. The molecule has 0 saturated heterocycles. The van der Waals surface area contributed by atoms with E-state index in [1.807, 2.05) is 17.8 Å². The lowest BCUT2D eigenvalue weighted by Crippen LogP contribution is -2.07. The molecule has 0 fully saturated rings. The van der Waals surface area contributed by atoms with E-state index in [9.17, 15) is 0 Å². The first-order valence-electron chi connectivity index (χ1n) is 5.18. The summed E-state index contributed by atoms with van der Waals surface area (Å²) in [5, 5.41) is 0.571. The van der Waals surface area contributed by atoms with Crippen LogP contribution >= 0.6 is 11.8 Å². The van der Waals surface area contributed by atoms with E-state index in [0.717, 1.165) is 18.7 Å². The third-order valence-electron chi connectivity index (χ3n) is 2.28. The van der Waals surface area contributed by atoms with Gasteiger partial charge in [0.05, 0.1) is 7.11 Å². The van der Waals surface area contributed by atoms with Crippen LogP contribution in [0.2, 0.25) is 0 Å². The van der Waals surface area contributed by atoms with Gasteiger partial charge in [-0.25, -0.2) is 0 Å². The molecule has 0 aliphatic heterocycles. The molecule has 1 atom stereocenters. The number of ether oxygens (including phenoxy) is 1. The minimum Gasteiger partial charge on any atom is -0.497 e. The number of nitrogens with two attached hydrogens (primary N) is 1. The zero-order valence-corrected chi connectivity index (χ0v) is 10.4. The van der Waals surface area contributed by atoms with Crippen molar-refractivity contribution in [1.82, 2.24) is 0 Å². The van der Waals surface area contributed by atoms with Gasteiger partial charge < -0.3 is 10.5 Å². The largest absolute Gasteiger partial charge is 0.497 e. The Morgan fingerprint density at radius 1 is 1.47 bits per heavy atom. The van der Waals surface area contributed by atoms with Crippen LogP contribution in [0.3, 0.4) is 0 Å². The average molecular weight is 225 g/mol. The van der Waals surface area contributed by atoms with Crippen molar-refractivity contribution < 1.29 is 4.74 Å². The highest BCUT2D eigenvalue weighted by Gasteiger charge is 2.06. The first-order valence-corrected chi connectivity index (χ1v) is 6.06. The first-order chi connectivity index (χ1) is 7.17. The smallest absolute Gasteiger partial charge is 0.119 e. The van der Waals surface area contributed by atoms with E-state index in [0.29, 0.717) is 5.25 Å². The van der Waals surface area contributed by atoms with Gasteiger partial charge in [-0.3, -0.25) is 0 Å². The molecule has 0 spiro atoms. The summed E-state index contributed by atoms with van der Waals surface area (Å²) >= 11 is 1.88. The lowest BCUT2D eigenvalue weighted by atomic mass is 10.2. The van der Waals surface area contributed by atoms with Crippen LogP contribution in [0.4, 0.5) is 0 Å². The summed E-state index contributed by atoms with van der Waals surface area (Å²) < 4.78 is 5.17. The predicted octanol–water partition coefficient (Wildman–Crippen LogP) is 2.83. The fraction of sp³-hybridized carbons (Fsp3) is 0.500. The highest BCUT2D eigenvalue weighted by Crippen LogP contribution is 2.30. The Hall–Kier alpha value is -0.670. The third kappa shape index (κ3) is 3.76. The van der Waals surface area contributed by atoms with Crippen LogP contribution in [-0.4, -0.2) is 18.9 Å². The fourth-order valence-electron chi connectivity index (χ4n) is 1.39. The van der Waals surface area contributed by atoms with E-state index >= 15 is 0 Å². The molecule has 0 radical (unpaired) electrons. The average Bonchev–Trinajstić information content (AvgIpc) is 2.21. The second kappa shape index (κ2) is 6.03. The van der Waals surface area contributed by atoms with E-state index in [-0.39, 0.29) is 0 Å². The van der Waals surface area contributed by atoms with Crippen molar-refractivity contribution in [2.75, 3.05) is 13.7 Å². The zero-order valence-electron chi connectivity index (χ0n) is 9.62. The Bertz CT molecular complexity index is 314. The van der Waals surface area contributed by atoms with E-state index < -0.39 is 0 Å². The van der Waals surface area contributed by atoms with Crippen LogP contribution in [-0.2, 0) is 0 Å². The molecule has 0 aromatic heterocycles. The van der Waals surface area contributed by atoms with Gasteiger partial charge in [-0.1, -0.05) is 6.92 Å². The second-order valence-corrected chi connectivity index (χ2v) is 5.12. The van der Waals surface area contributed by atoms with E-state index in [2.05, 4.69) is 26.0 Å². The Kier molecular flexibility index (Phi) is 4.99. The van der Waals surface area contributed by atoms with Gasteiger partial charge in [0.25, 0.3) is 0 Å². The molecule has 0 aliphatic rings. The van der Waals surface area contributed by atoms with Crippen molar-refractivity contribution in [3.63, 3.8) is 0 Å². The van der Waals surface area contributed by atoms with Gasteiger partial charge in [-0.15, -0.1) is 11.8 Å². The quantitative estimate of drug-likeness (QED) is 0.783. The monoisotopic (exact) mass is 225 g/mol. The number of rotatable bonds is 5. The number of methoxy groups -OCH3 is 1. The second-order valence-electron chi connectivity index (χ2n) is 3.64. The third-order valence-corrected chi connectivity index (χ3v) is 3.63. The molecule has 0 heterocycles. The predicted molar refractivity (Wildman–Crippen MR) is 66.7 cm³/mol. The van der Waals surface area contributed by atoms with Crippen LogP contribution in [0, 0.1) is 6.92 Å². The molecule has 0 amide bonds. The lowest BCUT2D eigenvalue weighted by molar-refractivity contribution is 0.414. The topological polar surface area (TPSA) is 35.2 Å². The number of aryl methyl sites for hydroxylation is 1. The highest BCUT2D eigenvalue weighted by atomic mass is 32.2. The van der Waals surface area contributed by atoms with Gasteiger partial charge in [0.15, 0.2) is 0 Å². The van der Waals surface area contributed by atoms with Crippen LogP contribution in [0.15, 0.2) is 23.1 Å². The molecule has 2 nitrogen and oxygen atoms in total. The Morgan fingerprint density at radius 2 is 2.20 bits per heavy atom. The maximum atomic E-state index is 5.53. The molecule has 1 aromatic rings. The molecule has 1 rings (SSSR count). The minimum absolute atomic E-state index is 0.571. The molecule has 1 unspecified atom stereocenters. The lowest BCUT2D eigenvalue weighted by Gasteiger charge is -2.12. The molecule has 15 heavy (non-hydrogen) atoms. The Morgan fingerprint density at radius 3 is 2.73 bits per heavy atom. The van der Waals surface area contributed by atoms with Gasteiger partial charge >= 0.3 is 0 Å². The molecular weight excluding hydrogens is 206 g/mol. The standard InChI is InChI=1S/C12H19NOS/c1-9-8-11(14-3)4-5-12(9)15-10(2)6-7-13/h4-5,8,10H,6-7,13H2,1-3H3. The number of hydrogen-bond donors (Lipinski definition) is 1. The van der Waals surface area contributed by atoms with Crippen molar-refractivity contribution in [3.05, 3.63) is 23.8 Å². The van der Waals surface area contributed by atoms with Crippen molar-refractivity contribution in [2.24, 2.45) is 5.73 Å². The fourth-order valence-corrected chi connectivity index (χ4v) is 2.47. The van der Waals surface area contributed by atoms with Crippen molar-refractivity contribution in [3.8, 4) is 5.75 Å². The van der Waals surface area contributed by atoms with Crippen LogP contribution in [0.5, 0.6) is 5.75 Å². The van der Waals surface area contributed by atoms with Crippen molar-refractivity contribution in [2.45, 2.75) is 30.4 Å². The van der Waals surface area contributed by atoms with Crippen LogP contribution < -0.4 is 10.5 Å². The molecule has 84 valence electrons. The van der Waals surface area contributed by atoms with E-state index in [1.165, 1.54) is 10.5 Å². The molecule has 3 heteroatoms. The maximum Gasteiger partial charge on any atom is 0.119 e. The maximum absolute atomic E-state index is 5.53. The summed E-state index contributed by atoms with van der Waals surface area (Å²) in [5.41, 5.74) is 6.80. The van der Waals surface area contributed by atoms with Gasteiger partial charge in [0, 0.05) is 10.1 Å². The summed E-state index contributed by atoms with van der Waals surface area (Å²) in [4.78, 5) is 1.32. The minimum atomic E-state index is 0.571. The van der Waals surface area contributed by atoms with Gasteiger partial charge in [-0.2, -0.15) is 0 Å². The Labute approximate surface area is 96.2 Å². The van der Waals surface area contributed by atoms with Crippen molar-refractivity contribution in [1.29, 1.82) is 0 Å². The van der Waals surface area contributed by atoms with E-state index in [4.69, 9.17) is 10.5 Å². The van der Waals surface area contributed by atoms with Gasteiger partial charge in [-0.05, 0) is 43.7 Å². The van der Waals surface area contributed by atoms with Crippen molar-refractivity contribution >= 4 is 11.8 Å². The van der Waals surface area contributed by atoms with Gasteiger partial charge in [0.2, 0.25) is 0 Å². The number of benzene rings is 1. The normalized spacial score (nSPS) is 12.5. The summed E-state index contributed by atoms with van der Waals surface area (Å²) in [6, 6.07) is 6.19. The molecule has 1 aromatic carbocycles. The molecule has 0 aliphatic carbocycles. The molecule has 0 saturated carbocycles. The summed E-state index contributed by atoms with van der Waals surface area (Å²) in [6.45, 7) is 5.07. The van der Waals surface area contributed by atoms with Crippen LogP contribution in [0.1, 0.15) is 18.9 Å². The summed E-state index contributed by atoms with van der Waals surface area (Å²) in [7, 11) is 1.69. The zero-order chi connectivity index (χ0) is 11.3. The Balaban J connectivity index is 2.69. The summed E-state index contributed by atoms with van der Waals surface area (Å²) in [6.07, 6.45) is 1.05. The molecular formula is C12H19NOS. The molecule has 0 bridgehead atoms.